The zero-order chi connectivity index (χ0) is 16.7. The van der Waals surface area contributed by atoms with Crippen molar-refractivity contribution in [3.63, 3.8) is 0 Å². The molecule has 0 amide bonds. The van der Waals surface area contributed by atoms with Crippen LogP contribution < -0.4 is 4.72 Å². The molecule has 1 N–H and O–H groups in total. The molecule has 0 saturated carbocycles. The Balaban J connectivity index is 2.27. The van der Waals surface area contributed by atoms with Gasteiger partial charge >= 0.3 is 0 Å². The summed E-state index contributed by atoms with van der Waals surface area (Å²) in [6, 6.07) is 15.7. The second-order valence-corrected chi connectivity index (χ2v) is 6.82. The molecule has 1 atom stereocenters. The quantitative estimate of drug-likeness (QED) is 0.789. The average molecular weight is 331 g/mol. The Bertz CT molecular complexity index is 738. The predicted octanol–water partition coefficient (Wildman–Crippen LogP) is 3.56. The molecule has 0 spiro atoms. The highest BCUT2D eigenvalue weighted by molar-refractivity contribution is 7.89. The van der Waals surface area contributed by atoms with E-state index >= 15 is 0 Å². The first-order valence-corrected chi connectivity index (χ1v) is 8.93. The van der Waals surface area contributed by atoms with Crippen molar-refractivity contribution in [3.8, 4) is 0 Å². The molecular formula is C18H21NO3S. The molecule has 0 aliphatic heterocycles. The lowest BCUT2D eigenvalue weighted by Crippen LogP contribution is -2.27. The lowest BCUT2D eigenvalue weighted by Gasteiger charge is -2.16. The van der Waals surface area contributed by atoms with E-state index in [9.17, 15) is 8.42 Å². The Hall–Kier alpha value is -2.11. The van der Waals surface area contributed by atoms with Gasteiger partial charge in [0.05, 0.1) is 23.8 Å². The minimum absolute atomic E-state index is 0.244. The fourth-order valence-corrected chi connectivity index (χ4v) is 3.24. The number of hydrogen-bond donors (Lipinski definition) is 1. The molecule has 0 aliphatic carbocycles. The highest BCUT2D eigenvalue weighted by Gasteiger charge is 2.19. The number of ether oxygens (including phenoxy) is 1. The molecule has 1 unspecified atom stereocenters. The number of sulfonamides is 1. The molecule has 0 fully saturated rings. The van der Waals surface area contributed by atoms with E-state index in [2.05, 4.69) is 4.72 Å². The molecule has 2 aromatic rings. The molecule has 0 aliphatic rings. The van der Waals surface area contributed by atoms with E-state index in [4.69, 9.17) is 4.74 Å². The summed E-state index contributed by atoms with van der Waals surface area (Å²) < 4.78 is 33.1. The number of hydrogen-bond acceptors (Lipinski definition) is 3. The van der Waals surface area contributed by atoms with Gasteiger partial charge in [0.25, 0.3) is 0 Å². The standard InChI is InChI=1S/C18H21NO3S/c1-3-22-14-13-18(16-7-5-4-6-8-16)19-23(20,21)17-11-9-15(2)10-12-17/h4-14,18-19H,3H2,1-2H3/b14-13+. The minimum Gasteiger partial charge on any atom is -0.502 e. The number of aryl methyl sites for hydroxylation is 1. The molecule has 122 valence electrons. The van der Waals surface area contributed by atoms with Gasteiger partial charge < -0.3 is 4.74 Å². The lowest BCUT2D eigenvalue weighted by atomic mass is 10.1. The van der Waals surface area contributed by atoms with E-state index in [0.717, 1.165) is 11.1 Å². The van der Waals surface area contributed by atoms with Crippen LogP contribution in [-0.2, 0) is 14.8 Å². The summed E-state index contributed by atoms with van der Waals surface area (Å²) in [7, 11) is -3.62. The summed E-state index contributed by atoms with van der Waals surface area (Å²) in [5.74, 6) is 0. The molecule has 2 aromatic carbocycles. The maximum Gasteiger partial charge on any atom is 0.241 e. The van der Waals surface area contributed by atoms with Crippen LogP contribution in [0.5, 0.6) is 0 Å². The first kappa shape index (κ1) is 17.2. The zero-order valence-electron chi connectivity index (χ0n) is 13.3. The van der Waals surface area contributed by atoms with Gasteiger partial charge in [0.1, 0.15) is 0 Å². The van der Waals surface area contributed by atoms with E-state index in [1.807, 2.05) is 44.2 Å². The van der Waals surface area contributed by atoms with Gasteiger partial charge in [-0.1, -0.05) is 48.0 Å². The van der Waals surface area contributed by atoms with Gasteiger partial charge in [0.2, 0.25) is 10.0 Å². The van der Waals surface area contributed by atoms with E-state index in [0.29, 0.717) is 6.61 Å². The molecule has 0 bridgehead atoms. The summed E-state index contributed by atoms with van der Waals surface area (Å²) >= 11 is 0. The van der Waals surface area contributed by atoms with E-state index < -0.39 is 16.1 Å². The Morgan fingerprint density at radius 2 is 1.74 bits per heavy atom. The number of rotatable bonds is 7. The largest absolute Gasteiger partial charge is 0.502 e. The van der Waals surface area contributed by atoms with E-state index in [-0.39, 0.29) is 4.90 Å². The summed E-state index contributed by atoms with van der Waals surface area (Å²) in [6.07, 6.45) is 3.22. The van der Waals surface area contributed by atoms with Crippen LogP contribution in [0.1, 0.15) is 24.1 Å². The van der Waals surface area contributed by atoms with Crippen molar-refractivity contribution in [1.29, 1.82) is 0 Å². The predicted molar refractivity (Wildman–Crippen MR) is 91.4 cm³/mol. The first-order chi connectivity index (χ1) is 11.0. The third kappa shape index (κ3) is 4.94. The fourth-order valence-electron chi connectivity index (χ4n) is 2.06. The van der Waals surface area contributed by atoms with Crippen LogP contribution in [0.15, 0.2) is 71.8 Å². The maximum absolute atomic E-state index is 12.6. The van der Waals surface area contributed by atoms with E-state index in [1.54, 1.807) is 30.3 Å². The van der Waals surface area contributed by atoms with Crippen molar-refractivity contribution in [2.45, 2.75) is 24.8 Å². The monoisotopic (exact) mass is 331 g/mol. The van der Waals surface area contributed by atoms with Gasteiger partial charge in [0.15, 0.2) is 0 Å². The molecular weight excluding hydrogens is 310 g/mol. The summed E-state index contributed by atoms with van der Waals surface area (Å²) in [5.41, 5.74) is 1.86. The van der Waals surface area contributed by atoms with Crippen LogP contribution in [0.4, 0.5) is 0 Å². The van der Waals surface area contributed by atoms with E-state index in [1.165, 1.54) is 6.26 Å². The van der Waals surface area contributed by atoms with Gasteiger partial charge in [-0.15, -0.1) is 0 Å². The highest BCUT2D eigenvalue weighted by Crippen LogP contribution is 2.19. The Morgan fingerprint density at radius 1 is 1.09 bits per heavy atom. The molecule has 0 saturated heterocycles. The molecule has 0 radical (unpaired) electrons. The second-order valence-electron chi connectivity index (χ2n) is 5.11. The van der Waals surface area contributed by atoms with Crippen molar-refractivity contribution in [1.82, 2.24) is 4.72 Å². The third-order valence-corrected chi connectivity index (χ3v) is 4.76. The fraction of sp³-hybridized carbons (Fsp3) is 0.222. The topological polar surface area (TPSA) is 55.4 Å². The van der Waals surface area contributed by atoms with Gasteiger partial charge in [-0.2, -0.15) is 4.72 Å². The SMILES string of the molecule is CCO/C=C/C(NS(=O)(=O)c1ccc(C)cc1)c1ccccc1. The van der Waals surface area contributed by atoms with Crippen molar-refractivity contribution in [3.05, 3.63) is 78.1 Å². The molecule has 23 heavy (non-hydrogen) atoms. The smallest absolute Gasteiger partial charge is 0.241 e. The van der Waals surface area contributed by atoms with Crippen LogP contribution in [-0.4, -0.2) is 15.0 Å². The number of benzene rings is 2. The maximum atomic E-state index is 12.6. The second kappa shape index (κ2) is 7.94. The van der Waals surface area contributed by atoms with Gasteiger partial charge in [-0.3, -0.25) is 0 Å². The van der Waals surface area contributed by atoms with Crippen molar-refractivity contribution in [2.75, 3.05) is 6.61 Å². The van der Waals surface area contributed by atoms with Gasteiger partial charge in [-0.25, -0.2) is 8.42 Å². The van der Waals surface area contributed by atoms with Gasteiger partial charge in [0, 0.05) is 0 Å². The molecule has 4 nitrogen and oxygen atoms in total. The Kier molecular flexibility index (Phi) is 5.96. The molecule has 5 heteroatoms. The molecule has 0 aromatic heterocycles. The lowest BCUT2D eigenvalue weighted by molar-refractivity contribution is 0.267. The van der Waals surface area contributed by atoms with Crippen molar-refractivity contribution in [2.24, 2.45) is 0 Å². The zero-order valence-corrected chi connectivity index (χ0v) is 14.1. The summed E-state index contributed by atoms with van der Waals surface area (Å²) in [5, 5.41) is 0. The Labute approximate surface area is 137 Å². The highest BCUT2D eigenvalue weighted by atomic mass is 32.2. The van der Waals surface area contributed by atoms with Crippen LogP contribution in [0.2, 0.25) is 0 Å². The van der Waals surface area contributed by atoms with Crippen molar-refractivity contribution < 1.29 is 13.2 Å². The van der Waals surface area contributed by atoms with Crippen LogP contribution in [0.25, 0.3) is 0 Å². The third-order valence-electron chi connectivity index (χ3n) is 3.31. The van der Waals surface area contributed by atoms with Crippen LogP contribution in [0.3, 0.4) is 0 Å². The minimum atomic E-state index is -3.62. The van der Waals surface area contributed by atoms with Gasteiger partial charge in [-0.05, 0) is 37.6 Å². The summed E-state index contributed by atoms with van der Waals surface area (Å²) in [4.78, 5) is 0.244. The summed E-state index contributed by atoms with van der Waals surface area (Å²) in [6.45, 7) is 4.32. The Morgan fingerprint density at radius 3 is 2.35 bits per heavy atom. The first-order valence-electron chi connectivity index (χ1n) is 7.45. The molecule has 0 heterocycles. The van der Waals surface area contributed by atoms with Crippen LogP contribution in [0, 0.1) is 6.92 Å². The normalized spacial score (nSPS) is 13.1. The average Bonchev–Trinajstić information content (AvgIpc) is 2.55. The number of nitrogens with one attached hydrogen (secondary N) is 1. The molecule has 2 rings (SSSR count). The van der Waals surface area contributed by atoms with Crippen LogP contribution >= 0.6 is 0 Å². The van der Waals surface area contributed by atoms with Crippen molar-refractivity contribution >= 4 is 10.0 Å².